The number of carbonyl (C=O) groups excluding carboxylic acids is 2. The van der Waals surface area contributed by atoms with Crippen LogP contribution in [-0.4, -0.2) is 51.0 Å². The average Bonchev–Trinajstić information content (AvgIpc) is 2.84. The van der Waals surface area contributed by atoms with E-state index in [-0.39, 0.29) is 18.9 Å². The Kier molecular flexibility index (Phi) is 9.12. The Morgan fingerprint density at radius 2 is 1.58 bits per heavy atom. The van der Waals surface area contributed by atoms with Crippen LogP contribution < -0.4 is 9.62 Å². The summed E-state index contributed by atoms with van der Waals surface area (Å²) in [6, 6.07) is 22.5. The van der Waals surface area contributed by atoms with Crippen molar-refractivity contribution in [1.82, 2.24) is 10.2 Å². The number of aryl methyl sites for hydroxylation is 1. The van der Waals surface area contributed by atoms with Crippen molar-refractivity contribution in [2.45, 2.75) is 25.9 Å². The second-order valence-corrected chi connectivity index (χ2v) is 10.9. The number of hydrogen-bond acceptors (Lipinski definition) is 4. The fourth-order valence-electron chi connectivity index (χ4n) is 3.99. The first-order valence-corrected chi connectivity index (χ1v) is 13.7. The van der Waals surface area contributed by atoms with E-state index in [2.05, 4.69) is 5.32 Å². The summed E-state index contributed by atoms with van der Waals surface area (Å²) >= 11 is 6.18. The number of para-hydroxylation sites is 1. The molecule has 0 bridgehead atoms. The molecule has 0 aliphatic rings. The summed E-state index contributed by atoms with van der Waals surface area (Å²) in [5.74, 6) is -0.857. The van der Waals surface area contributed by atoms with Crippen molar-refractivity contribution in [3.63, 3.8) is 0 Å². The van der Waals surface area contributed by atoms with Gasteiger partial charge in [0.1, 0.15) is 12.6 Å². The topological polar surface area (TPSA) is 86.8 Å². The van der Waals surface area contributed by atoms with E-state index >= 15 is 0 Å². The molecule has 3 aromatic rings. The molecule has 0 aromatic heterocycles. The maximum Gasteiger partial charge on any atom is 0.244 e. The van der Waals surface area contributed by atoms with Crippen molar-refractivity contribution in [2.75, 3.05) is 24.2 Å². The molecule has 0 saturated carbocycles. The molecule has 3 aromatic carbocycles. The fraction of sp³-hybridized carbons (Fsp3) is 0.259. The van der Waals surface area contributed by atoms with Gasteiger partial charge in [0.15, 0.2) is 0 Å². The molecular weight excluding hydrogens is 498 g/mol. The molecule has 0 spiro atoms. The molecule has 0 saturated heterocycles. The van der Waals surface area contributed by atoms with Crippen LogP contribution in [0.4, 0.5) is 5.69 Å². The number of amides is 2. The largest absolute Gasteiger partial charge is 0.357 e. The molecular formula is C27H30ClN3O4S. The van der Waals surface area contributed by atoms with Gasteiger partial charge in [-0.3, -0.25) is 13.9 Å². The second-order valence-electron chi connectivity index (χ2n) is 8.53. The maximum atomic E-state index is 13.8. The van der Waals surface area contributed by atoms with Crippen molar-refractivity contribution in [3.05, 3.63) is 101 Å². The van der Waals surface area contributed by atoms with E-state index in [1.807, 2.05) is 36.4 Å². The highest BCUT2D eigenvalue weighted by Crippen LogP contribution is 2.24. The Balaban J connectivity index is 2.04. The first-order chi connectivity index (χ1) is 17.1. The molecule has 0 heterocycles. The third-order valence-electron chi connectivity index (χ3n) is 5.82. The van der Waals surface area contributed by atoms with Gasteiger partial charge < -0.3 is 10.2 Å². The zero-order chi connectivity index (χ0) is 26.3. The Morgan fingerprint density at radius 3 is 2.19 bits per heavy atom. The number of anilines is 1. The standard InChI is InChI=1S/C27H30ClN3O4S/c1-20-10-7-8-15-24(20)31(36(3,34)35)19-26(32)30(18-22-13-9-14-23(28)16-22)25(27(33)29-2)17-21-11-5-4-6-12-21/h4-16,25H,17-19H2,1-3H3,(H,29,33)/t25-/m0/s1. The van der Waals surface area contributed by atoms with E-state index < -0.39 is 28.5 Å². The number of sulfonamides is 1. The highest BCUT2D eigenvalue weighted by Gasteiger charge is 2.32. The van der Waals surface area contributed by atoms with Crippen LogP contribution >= 0.6 is 11.6 Å². The van der Waals surface area contributed by atoms with Crippen LogP contribution in [0.2, 0.25) is 5.02 Å². The number of likely N-dealkylation sites (N-methyl/N-ethyl adjacent to an activating group) is 1. The molecule has 1 atom stereocenters. The monoisotopic (exact) mass is 527 g/mol. The Morgan fingerprint density at radius 1 is 0.944 bits per heavy atom. The van der Waals surface area contributed by atoms with Gasteiger partial charge in [0.2, 0.25) is 21.8 Å². The van der Waals surface area contributed by atoms with Gasteiger partial charge in [-0.25, -0.2) is 8.42 Å². The summed E-state index contributed by atoms with van der Waals surface area (Å²) in [6.45, 7) is 1.41. The minimum absolute atomic E-state index is 0.0791. The predicted molar refractivity (Wildman–Crippen MR) is 143 cm³/mol. The van der Waals surface area contributed by atoms with Crippen molar-refractivity contribution in [3.8, 4) is 0 Å². The van der Waals surface area contributed by atoms with Gasteiger partial charge in [-0.05, 0) is 41.8 Å². The number of hydrogen-bond donors (Lipinski definition) is 1. The Labute approximate surface area is 217 Å². The van der Waals surface area contributed by atoms with Gasteiger partial charge in [0.25, 0.3) is 0 Å². The molecule has 7 nitrogen and oxygen atoms in total. The van der Waals surface area contributed by atoms with E-state index in [1.54, 1.807) is 49.4 Å². The average molecular weight is 528 g/mol. The summed E-state index contributed by atoms with van der Waals surface area (Å²) in [6.07, 6.45) is 1.32. The van der Waals surface area contributed by atoms with Crippen LogP contribution in [0, 0.1) is 6.92 Å². The van der Waals surface area contributed by atoms with Gasteiger partial charge in [-0.15, -0.1) is 0 Å². The van der Waals surface area contributed by atoms with Gasteiger partial charge in [-0.1, -0.05) is 72.3 Å². The highest BCUT2D eigenvalue weighted by molar-refractivity contribution is 7.92. The van der Waals surface area contributed by atoms with E-state index in [4.69, 9.17) is 11.6 Å². The summed E-state index contributed by atoms with van der Waals surface area (Å²) in [7, 11) is -2.28. The summed E-state index contributed by atoms with van der Waals surface area (Å²) in [5, 5.41) is 3.15. The SMILES string of the molecule is CNC(=O)[C@H](Cc1ccccc1)N(Cc1cccc(Cl)c1)C(=O)CN(c1ccccc1C)S(C)(=O)=O. The minimum atomic E-state index is -3.79. The molecule has 1 N–H and O–H groups in total. The number of rotatable bonds is 10. The lowest BCUT2D eigenvalue weighted by molar-refractivity contribution is -0.139. The first kappa shape index (κ1) is 27.2. The van der Waals surface area contributed by atoms with Crippen LogP contribution in [0.25, 0.3) is 0 Å². The van der Waals surface area contributed by atoms with Crippen LogP contribution in [0.1, 0.15) is 16.7 Å². The normalized spacial score (nSPS) is 12.0. The van der Waals surface area contributed by atoms with Gasteiger partial charge >= 0.3 is 0 Å². The molecule has 0 aliphatic heterocycles. The summed E-state index contributed by atoms with van der Waals surface area (Å²) in [4.78, 5) is 28.3. The van der Waals surface area contributed by atoms with Crippen LogP contribution in [-0.2, 0) is 32.6 Å². The Hall–Kier alpha value is -3.36. The third kappa shape index (κ3) is 7.08. The lowest BCUT2D eigenvalue weighted by atomic mass is 10.0. The number of halogens is 1. The summed E-state index contributed by atoms with van der Waals surface area (Å²) in [5.41, 5.74) is 2.72. The van der Waals surface area contributed by atoms with E-state index in [1.165, 1.54) is 11.9 Å². The number of nitrogens with one attached hydrogen (secondary N) is 1. The van der Waals surface area contributed by atoms with Crippen LogP contribution in [0.5, 0.6) is 0 Å². The molecule has 0 radical (unpaired) electrons. The predicted octanol–water partition coefficient (Wildman–Crippen LogP) is 3.80. The molecule has 0 aliphatic carbocycles. The number of benzene rings is 3. The minimum Gasteiger partial charge on any atom is -0.357 e. The first-order valence-electron chi connectivity index (χ1n) is 11.4. The van der Waals surface area contributed by atoms with E-state index in [0.29, 0.717) is 16.3 Å². The van der Waals surface area contributed by atoms with Crippen molar-refractivity contribution < 1.29 is 18.0 Å². The highest BCUT2D eigenvalue weighted by atomic mass is 35.5. The number of carbonyl (C=O) groups is 2. The summed E-state index contributed by atoms with van der Waals surface area (Å²) < 4.78 is 26.6. The van der Waals surface area contributed by atoms with Crippen LogP contribution in [0.15, 0.2) is 78.9 Å². The zero-order valence-corrected chi connectivity index (χ0v) is 22.1. The second kappa shape index (κ2) is 12.1. The van der Waals surface area contributed by atoms with Gasteiger partial charge in [0, 0.05) is 25.0 Å². The maximum absolute atomic E-state index is 13.8. The lowest BCUT2D eigenvalue weighted by Crippen LogP contribution is -2.53. The molecule has 0 fully saturated rings. The fourth-order valence-corrected chi connectivity index (χ4v) is 5.11. The van der Waals surface area contributed by atoms with Gasteiger partial charge in [-0.2, -0.15) is 0 Å². The quantitative estimate of drug-likeness (QED) is 0.434. The van der Waals surface area contributed by atoms with Gasteiger partial charge in [0.05, 0.1) is 11.9 Å². The Bertz CT molecular complexity index is 1320. The zero-order valence-electron chi connectivity index (χ0n) is 20.5. The third-order valence-corrected chi connectivity index (χ3v) is 7.18. The molecule has 3 rings (SSSR count). The van der Waals surface area contributed by atoms with Crippen molar-refractivity contribution >= 4 is 39.1 Å². The van der Waals surface area contributed by atoms with E-state index in [9.17, 15) is 18.0 Å². The molecule has 9 heteroatoms. The number of nitrogens with zero attached hydrogens (tertiary/aromatic N) is 2. The van der Waals surface area contributed by atoms with E-state index in [0.717, 1.165) is 21.7 Å². The molecule has 0 unspecified atom stereocenters. The van der Waals surface area contributed by atoms with Crippen molar-refractivity contribution in [2.24, 2.45) is 0 Å². The smallest absolute Gasteiger partial charge is 0.244 e. The lowest BCUT2D eigenvalue weighted by Gasteiger charge is -2.33. The van der Waals surface area contributed by atoms with Crippen molar-refractivity contribution in [1.29, 1.82) is 0 Å². The molecule has 2 amide bonds. The molecule has 36 heavy (non-hydrogen) atoms. The van der Waals surface area contributed by atoms with Crippen LogP contribution in [0.3, 0.4) is 0 Å². The molecule has 190 valence electrons.